The largest absolute Gasteiger partial charge is 0.309 e. The number of rotatable bonds is 9. The van der Waals surface area contributed by atoms with E-state index in [9.17, 15) is 9.59 Å². The molecule has 2 amide bonds. The van der Waals surface area contributed by atoms with Gasteiger partial charge in [0, 0.05) is 30.9 Å². The number of nitrogens with one attached hydrogen (secondary N) is 2. The summed E-state index contributed by atoms with van der Waals surface area (Å²) in [7, 11) is 0. The number of carbonyl (C=O) groups is 2. The van der Waals surface area contributed by atoms with Crippen molar-refractivity contribution < 1.29 is 9.59 Å². The molecule has 0 spiro atoms. The van der Waals surface area contributed by atoms with Gasteiger partial charge in [0.25, 0.3) is 0 Å². The molecule has 1 fully saturated rings. The van der Waals surface area contributed by atoms with Crippen LogP contribution in [-0.2, 0) is 28.9 Å². The summed E-state index contributed by atoms with van der Waals surface area (Å²) < 4.78 is 1.74. The topological polar surface area (TPSA) is 140 Å². The van der Waals surface area contributed by atoms with Crippen LogP contribution in [0.15, 0.2) is 60.9 Å². The Kier molecular flexibility index (Phi) is 7.68. The molecule has 0 saturated heterocycles. The third-order valence-corrected chi connectivity index (χ3v) is 7.22. The van der Waals surface area contributed by atoms with Crippen LogP contribution in [-0.4, -0.2) is 46.8 Å². The predicted octanol–water partition coefficient (Wildman–Crippen LogP) is 3.59. The molecule has 1 aliphatic carbocycles. The van der Waals surface area contributed by atoms with Crippen LogP contribution in [0.2, 0.25) is 0 Å². The first kappa shape index (κ1) is 26.2. The molecule has 5 aromatic heterocycles. The van der Waals surface area contributed by atoms with Crippen molar-refractivity contribution in [1.29, 1.82) is 0 Å². The molecule has 1 aliphatic rings. The summed E-state index contributed by atoms with van der Waals surface area (Å²) in [5.41, 5.74) is 4.11. The van der Waals surface area contributed by atoms with Gasteiger partial charge in [-0.2, -0.15) is 5.10 Å². The van der Waals surface area contributed by atoms with E-state index in [0.29, 0.717) is 41.1 Å². The fraction of sp³-hybridized carbons (Fsp3) is 0.241. The van der Waals surface area contributed by atoms with Crippen molar-refractivity contribution in [3.8, 4) is 11.8 Å². The monoisotopic (exact) mass is 563 g/mol. The summed E-state index contributed by atoms with van der Waals surface area (Å²) >= 11 is 1.32. The van der Waals surface area contributed by atoms with E-state index in [4.69, 9.17) is 0 Å². The van der Waals surface area contributed by atoms with Gasteiger partial charge < -0.3 is 10.6 Å². The Balaban J connectivity index is 0.939. The van der Waals surface area contributed by atoms with Crippen molar-refractivity contribution in [3.05, 3.63) is 88.6 Å². The number of fused-ring (bicyclic) bond motifs is 1. The van der Waals surface area contributed by atoms with E-state index in [1.165, 1.54) is 29.7 Å². The minimum absolute atomic E-state index is 0.150. The van der Waals surface area contributed by atoms with Crippen LogP contribution in [0.1, 0.15) is 52.8 Å². The second-order valence-corrected chi connectivity index (χ2v) is 10.7. The smallest absolute Gasteiger partial charge is 0.232 e. The van der Waals surface area contributed by atoms with Crippen molar-refractivity contribution in [1.82, 2.24) is 35.0 Å². The number of carbonyl (C=O) groups excluding carboxylic acids is 2. The van der Waals surface area contributed by atoms with E-state index >= 15 is 0 Å². The number of anilines is 2. The molecule has 2 N–H and O–H groups in total. The summed E-state index contributed by atoms with van der Waals surface area (Å²) in [6.07, 6.45) is 7.47. The summed E-state index contributed by atoms with van der Waals surface area (Å²) in [5, 5.41) is 27.5. The Morgan fingerprint density at radius 2 is 1.83 bits per heavy atom. The van der Waals surface area contributed by atoms with E-state index in [-0.39, 0.29) is 24.7 Å². The minimum atomic E-state index is -0.200. The lowest BCUT2D eigenvalue weighted by Crippen LogP contribution is -2.16. The minimum Gasteiger partial charge on any atom is -0.309 e. The van der Waals surface area contributed by atoms with Crippen LogP contribution in [0.3, 0.4) is 0 Å². The first-order valence-electron chi connectivity index (χ1n) is 13.2. The van der Waals surface area contributed by atoms with Crippen molar-refractivity contribution in [2.24, 2.45) is 0 Å². The highest BCUT2D eigenvalue weighted by atomic mass is 32.1. The van der Waals surface area contributed by atoms with Crippen molar-refractivity contribution in [3.63, 3.8) is 0 Å². The quantitative estimate of drug-likeness (QED) is 0.259. The maximum Gasteiger partial charge on any atom is 0.232 e. The van der Waals surface area contributed by atoms with Gasteiger partial charge in [0.2, 0.25) is 16.9 Å². The third kappa shape index (κ3) is 7.14. The van der Waals surface area contributed by atoms with Crippen molar-refractivity contribution >= 4 is 39.6 Å². The molecule has 5 aromatic rings. The first-order chi connectivity index (χ1) is 20.1. The molecular weight excluding hydrogens is 538 g/mol. The van der Waals surface area contributed by atoms with Gasteiger partial charge in [-0.25, -0.2) is 4.52 Å². The molecule has 204 valence electrons. The van der Waals surface area contributed by atoms with E-state index in [1.807, 2.05) is 42.6 Å². The molecule has 6 rings (SSSR count). The van der Waals surface area contributed by atoms with Crippen molar-refractivity contribution in [2.45, 2.75) is 44.4 Å². The molecule has 5 heterocycles. The molecule has 0 bridgehead atoms. The van der Waals surface area contributed by atoms with Crippen LogP contribution in [0.4, 0.5) is 10.9 Å². The van der Waals surface area contributed by atoms with Gasteiger partial charge in [0.05, 0.1) is 24.1 Å². The van der Waals surface area contributed by atoms with Gasteiger partial charge in [0.15, 0.2) is 5.82 Å². The molecule has 0 aliphatic heterocycles. The van der Waals surface area contributed by atoms with E-state index in [1.54, 1.807) is 22.8 Å². The normalized spacial score (nSPS) is 12.5. The van der Waals surface area contributed by atoms with Gasteiger partial charge >= 0.3 is 0 Å². The zero-order valence-electron chi connectivity index (χ0n) is 21.9. The van der Waals surface area contributed by atoms with Crippen LogP contribution in [0.25, 0.3) is 5.52 Å². The Morgan fingerprint density at radius 3 is 2.66 bits per heavy atom. The van der Waals surface area contributed by atoms with E-state index < -0.39 is 0 Å². The number of hydrogen-bond acceptors (Lipinski definition) is 9. The number of amides is 2. The molecule has 0 aromatic carbocycles. The predicted molar refractivity (Wildman–Crippen MR) is 153 cm³/mol. The molecule has 41 heavy (non-hydrogen) atoms. The lowest BCUT2D eigenvalue weighted by Gasteiger charge is -2.05. The van der Waals surface area contributed by atoms with Crippen LogP contribution in [0, 0.1) is 11.8 Å². The molecule has 1 saturated carbocycles. The van der Waals surface area contributed by atoms with E-state index in [0.717, 1.165) is 16.2 Å². The average Bonchev–Trinajstić information content (AvgIpc) is 3.60. The van der Waals surface area contributed by atoms with Crippen LogP contribution < -0.4 is 10.6 Å². The number of nitrogens with zero attached hydrogens (tertiary/aromatic N) is 7. The summed E-state index contributed by atoms with van der Waals surface area (Å²) in [4.78, 5) is 29.1. The molecule has 12 heteroatoms. The van der Waals surface area contributed by atoms with E-state index in [2.05, 4.69) is 53.0 Å². The lowest BCUT2D eigenvalue weighted by molar-refractivity contribution is -0.116. The summed E-state index contributed by atoms with van der Waals surface area (Å²) in [5.74, 6) is 6.60. The number of aryl methyl sites for hydroxylation is 1. The fourth-order valence-electron chi connectivity index (χ4n) is 4.21. The first-order valence-corrected chi connectivity index (χ1v) is 14.0. The average molecular weight is 564 g/mol. The number of aromatic nitrogens is 7. The van der Waals surface area contributed by atoms with Gasteiger partial charge in [-0.1, -0.05) is 23.3 Å². The second-order valence-electron chi connectivity index (χ2n) is 9.62. The third-order valence-electron chi connectivity index (χ3n) is 6.32. The van der Waals surface area contributed by atoms with Crippen molar-refractivity contribution in [2.75, 3.05) is 10.6 Å². The Labute approximate surface area is 239 Å². The molecular formula is C29H25N9O2S. The van der Waals surface area contributed by atoms with Crippen LogP contribution in [0.5, 0.6) is 0 Å². The van der Waals surface area contributed by atoms with Crippen LogP contribution >= 0.6 is 11.3 Å². The lowest BCUT2D eigenvalue weighted by atomic mass is 10.1. The number of hydrogen-bond donors (Lipinski definition) is 2. The Bertz CT molecular complexity index is 1730. The molecule has 11 nitrogen and oxygen atoms in total. The highest BCUT2D eigenvalue weighted by molar-refractivity contribution is 7.15. The zero-order chi connectivity index (χ0) is 28.0. The van der Waals surface area contributed by atoms with Gasteiger partial charge in [-0.05, 0) is 72.7 Å². The SMILES string of the molecule is O=C(Cc1cc(C2CC2)ccn1)Nc1ccc(C#CCCc2nnc(NC(=O)Cc3cc4ccccn4n3)s2)nn1. The molecule has 0 radical (unpaired) electrons. The van der Waals surface area contributed by atoms with Gasteiger partial charge in [-0.15, -0.1) is 20.4 Å². The highest BCUT2D eigenvalue weighted by Gasteiger charge is 2.23. The summed E-state index contributed by atoms with van der Waals surface area (Å²) in [6, 6.07) is 15.0. The number of pyridine rings is 2. The Hall–Kier alpha value is -5.02. The maximum absolute atomic E-state index is 12.4. The molecule has 0 atom stereocenters. The standard InChI is InChI=1S/C29H25N9O2S/c39-26(17-22-15-20(12-13-30-22)19-8-9-19)31-25-11-10-21(33-34-25)5-1-2-7-28-35-36-29(41-28)32-27(40)18-23-16-24-6-3-4-14-38(24)37-23/h3-4,6,10-16,19H,2,7-9,17-18H2,(H,31,34,39)(H,32,36,40). The maximum atomic E-state index is 12.4. The Morgan fingerprint density at radius 1 is 0.951 bits per heavy atom. The fourth-order valence-corrected chi connectivity index (χ4v) is 4.97. The zero-order valence-corrected chi connectivity index (χ0v) is 22.8. The second kappa shape index (κ2) is 12.0. The highest BCUT2D eigenvalue weighted by Crippen LogP contribution is 2.39. The molecule has 0 unspecified atom stereocenters. The van der Waals surface area contributed by atoms with Gasteiger partial charge in [0.1, 0.15) is 10.7 Å². The van der Waals surface area contributed by atoms with Gasteiger partial charge in [-0.3, -0.25) is 14.6 Å². The summed E-state index contributed by atoms with van der Waals surface area (Å²) in [6.45, 7) is 0.